The van der Waals surface area contributed by atoms with Crippen molar-refractivity contribution in [1.29, 1.82) is 0 Å². The Balaban J connectivity index is 1.59. The summed E-state index contributed by atoms with van der Waals surface area (Å²) >= 11 is 1.07. The lowest BCUT2D eigenvalue weighted by molar-refractivity contribution is -0.122. The van der Waals surface area contributed by atoms with Gasteiger partial charge in [-0.05, 0) is 54.2 Å². The molecule has 2 atom stereocenters. The Kier molecular flexibility index (Phi) is 7.86. The number of anilines is 1. The van der Waals surface area contributed by atoms with E-state index in [0.717, 1.165) is 28.5 Å². The fraction of sp³-hybridized carbons (Fsp3) is 0.296. The minimum absolute atomic E-state index is 0.0827. The number of nitrogens with zero attached hydrogens (tertiary/aromatic N) is 1. The summed E-state index contributed by atoms with van der Waals surface area (Å²) in [4.78, 5) is 58.5. The molecule has 1 aliphatic rings. The molecule has 1 aliphatic heterocycles. The Bertz CT molecular complexity index is 1520. The van der Waals surface area contributed by atoms with Crippen molar-refractivity contribution in [1.82, 2.24) is 15.3 Å². The van der Waals surface area contributed by atoms with Crippen LogP contribution in [0.5, 0.6) is 5.88 Å². The average Bonchev–Trinajstić information content (AvgIpc) is 3.18. The molecule has 3 aromatic rings. The van der Waals surface area contributed by atoms with Crippen molar-refractivity contribution < 1.29 is 14.7 Å². The minimum atomic E-state index is -1.03. The zero-order valence-electron chi connectivity index (χ0n) is 21.4. The van der Waals surface area contributed by atoms with Gasteiger partial charge in [0, 0.05) is 12.1 Å². The highest BCUT2D eigenvalue weighted by atomic mass is 32.2. The molecule has 1 fully saturated rings. The quantitative estimate of drug-likeness (QED) is 0.313. The van der Waals surface area contributed by atoms with Crippen LogP contribution in [0.2, 0.25) is 0 Å². The molecule has 38 heavy (non-hydrogen) atoms. The van der Waals surface area contributed by atoms with Crippen LogP contribution in [-0.2, 0) is 9.59 Å². The summed E-state index contributed by atoms with van der Waals surface area (Å²) in [6, 6.07) is 11.9. The number of H-pyrrole nitrogens is 2. The van der Waals surface area contributed by atoms with Crippen LogP contribution < -0.4 is 21.9 Å². The maximum atomic E-state index is 12.7. The van der Waals surface area contributed by atoms with E-state index in [1.165, 1.54) is 0 Å². The molecule has 2 aromatic carbocycles. The number of carbonyl (C=O) groups excluding carboxylic acids is 2. The second-order valence-corrected chi connectivity index (χ2v) is 10.7. The zero-order chi connectivity index (χ0) is 27.6. The molecule has 0 spiro atoms. The first-order valence-electron chi connectivity index (χ1n) is 12.1. The first-order chi connectivity index (χ1) is 18.0. The third kappa shape index (κ3) is 6.05. The van der Waals surface area contributed by atoms with Crippen LogP contribution >= 0.6 is 11.8 Å². The van der Waals surface area contributed by atoms with Crippen LogP contribution in [0.1, 0.15) is 60.0 Å². The number of hydrogen-bond acceptors (Lipinski definition) is 7. The molecule has 2 heterocycles. The summed E-state index contributed by atoms with van der Waals surface area (Å²) in [5.74, 6) is -1.05. The molecule has 10 nitrogen and oxygen atoms in total. The molecule has 0 saturated carbocycles. The Labute approximate surface area is 223 Å². The van der Waals surface area contributed by atoms with Gasteiger partial charge in [0.25, 0.3) is 5.56 Å². The number of aliphatic imine (C=N–C) groups is 1. The van der Waals surface area contributed by atoms with E-state index < -0.39 is 34.3 Å². The second kappa shape index (κ2) is 11.1. The zero-order valence-corrected chi connectivity index (χ0v) is 22.2. The van der Waals surface area contributed by atoms with Gasteiger partial charge in [0.05, 0.1) is 0 Å². The summed E-state index contributed by atoms with van der Waals surface area (Å²) < 4.78 is 0. The lowest BCUT2D eigenvalue weighted by Crippen LogP contribution is -2.29. The van der Waals surface area contributed by atoms with E-state index in [4.69, 9.17) is 0 Å². The van der Waals surface area contributed by atoms with Gasteiger partial charge in [0.1, 0.15) is 16.9 Å². The molecule has 2 amide bonds. The third-order valence-electron chi connectivity index (χ3n) is 6.34. The highest BCUT2D eigenvalue weighted by Gasteiger charge is 2.34. The van der Waals surface area contributed by atoms with E-state index in [2.05, 4.69) is 25.6 Å². The minimum Gasteiger partial charge on any atom is -0.494 e. The predicted molar refractivity (Wildman–Crippen MR) is 148 cm³/mol. The number of aromatic nitrogens is 2. The van der Waals surface area contributed by atoms with Crippen LogP contribution in [0, 0.1) is 13.8 Å². The number of thioether (sulfide) groups is 1. The topological polar surface area (TPSA) is 157 Å². The molecule has 0 radical (unpaired) electrons. The number of benzene rings is 2. The number of rotatable bonds is 7. The maximum absolute atomic E-state index is 12.7. The van der Waals surface area contributed by atoms with E-state index in [9.17, 15) is 24.3 Å². The van der Waals surface area contributed by atoms with Gasteiger partial charge in [-0.15, -0.1) is 0 Å². The summed E-state index contributed by atoms with van der Waals surface area (Å²) in [6.07, 6.45) is -0.0827. The number of amidine groups is 1. The van der Waals surface area contributed by atoms with Crippen molar-refractivity contribution in [3.8, 4) is 5.88 Å². The molecule has 5 N–H and O–H groups in total. The number of aromatic amines is 2. The van der Waals surface area contributed by atoms with Crippen LogP contribution in [0.4, 0.5) is 5.69 Å². The Morgan fingerprint density at radius 3 is 2.34 bits per heavy atom. The highest BCUT2D eigenvalue weighted by Crippen LogP contribution is 2.32. The average molecular weight is 536 g/mol. The van der Waals surface area contributed by atoms with Crippen LogP contribution in [-0.4, -0.2) is 37.3 Å². The lowest BCUT2D eigenvalue weighted by atomic mass is 9.96. The van der Waals surface area contributed by atoms with Crippen molar-refractivity contribution >= 4 is 34.4 Å². The Morgan fingerprint density at radius 1 is 1.03 bits per heavy atom. The van der Waals surface area contributed by atoms with Gasteiger partial charge < -0.3 is 15.7 Å². The van der Waals surface area contributed by atoms with Gasteiger partial charge in [0.2, 0.25) is 17.7 Å². The van der Waals surface area contributed by atoms with Gasteiger partial charge in [-0.1, -0.05) is 55.9 Å². The van der Waals surface area contributed by atoms with Crippen molar-refractivity contribution in [2.75, 3.05) is 5.32 Å². The van der Waals surface area contributed by atoms with Gasteiger partial charge in [-0.2, -0.15) is 0 Å². The van der Waals surface area contributed by atoms with E-state index in [0.29, 0.717) is 11.3 Å². The highest BCUT2D eigenvalue weighted by molar-refractivity contribution is 8.15. The molecule has 0 aliphatic carbocycles. The number of aromatic hydroxyl groups is 1. The molecule has 0 bridgehead atoms. The molecule has 4 rings (SSSR count). The first kappa shape index (κ1) is 26.9. The fourth-order valence-electron chi connectivity index (χ4n) is 4.02. The lowest BCUT2D eigenvalue weighted by Gasteiger charge is -2.15. The van der Waals surface area contributed by atoms with E-state index >= 15 is 0 Å². The number of nitrogens with one attached hydrogen (secondary N) is 4. The molecular weight excluding hydrogens is 506 g/mol. The van der Waals surface area contributed by atoms with Crippen LogP contribution in [0.15, 0.2) is 57.0 Å². The number of amides is 2. The molecule has 198 valence electrons. The maximum Gasteiger partial charge on any atom is 0.328 e. The van der Waals surface area contributed by atoms with Crippen molar-refractivity contribution in [3.05, 3.63) is 91.1 Å². The summed E-state index contributed by atoms with van der Waals surface area (Å²) in [7, 11) is 0. The summed E-state index contributed by atoms with van der Waals surface area (Å²) in [5, 5.41) is 15.4. The van der Waals surface area contributed by atoms with E-state index in [1.807, 2.05) is 52.0 Å². The molecule has 1 aromatic heterocycles. The third-order valence-corrected chi connectivity index (χ3v) is 7.43. The van der Waals surface area contributed by atoms with Crippen LogP contribution in [0.3, 0.4) is 0 Å². The largest absolute Gasteiger partial charge is 0.494 e. The van der Waals surface area contributed by atoms with E-state index in [-0.39, 0.29) is 29.0 Å². The number of aryl methyl sites for hydroxylation is 2. The predicted octanol–water partition coefficient (Wildman–Crippen LogP) is 3.21. The summed E-state index contributed by atoms with van der Waals surface area (Å²) in [5.41, 5.74) is 2.61. The Hall–Kier alpha value is -4.12. The standard InChI is InChI=1S/C27H29N5O5S/c1-13(2)16-6-8-17(9-7-16)22(21-24(35)30-26(37)31-25(21)36)29-27-32-23(34)19(38-27)12-20(33)28-18-10-5-14(3)15(4)11-18/h5-11,13,19,22H,12H2,1-4H3,(H,28,33)(H,29,32,34)(H3,30,31,35,36,37)/t19-,22-/m0/s1. The van der Waals surface area contributed by atoms with Crippen LogP contribution in [0.25, 0.3) is 0 Å². The van der Waals surface area contributed by atoms with Crippen molar-refractivity contribution in [3.63, 3.8) is 0 Å². The van der Waals surface area contributed by atoms with Crippen molar-refractivity contribution in [2.45, 2.75) is 51.3 Å². The van der Waals surface area contributed by atoms with Gasteiger partial charge >= 0.3 is 5.69 Å². The van der Waals surface area contributed by atoms with E-state index in [1.54, 1.807) is 18.2 Å². The molecule has 11 heteroatoms. The number of hydrogen-bond donors (Lipinski definition) is 5. The van der Waals surface area contributed by atoms with Gasteiger partial charge in [-0.25, -0.2) is 9.79 Å². The second-order valence-electron chi connectivity index (χ2n) is 9.48. The SMILES string of the molecule is Cc1ccc(NC(=O)C[C@@H]2SC(=N[C@@H](c3ccc(C(C)C)cc3)c3c(O)[nH]c(=O)[nH]c3=O)NC2=O)cc1C. The molecule has 0 unspecified atom stereocenters. The van der Waals surface area contributed by atoms with Gasteiger partial charge in [0.15, 0.2) is 5.17 Å². The monoisotopic (exact) mass is 535 g/mol. The molecular formula is C27H29N5O5S. The Morgan fingerprint density at radius 2 is 1.71 bits per heavy atom. The smallest absolute Gasteiger partial charge is 0.328 e. The first-order valence-corrected chi connectivity index (χ1v) is 13.0. The summed E-state index contributed by atoms with van der Waals surface area (Å²) in [6.45, 7) is 8.03. The van der Waals surface area contributed by atoms with Gasteiger partial charge in [-0.3, -0.25) is 24.4 Å². The normalized spacial score (nSPS) is 17.0. The number of carbonyl (C=O) groups is 2. The fourth-order valence-corrected chi connectivity index (χ4v) is 5.02. The molecule has 1 saturated heterocycles. The van der Waals surface area contributed by atoms with Crippen molar-refractivity contribution in [2.24, 2.45) is 4.99 Å².